The second kappa shape index (κ2) is 10.6. The van der Waals surface area contributed by atoms with Gasteiger partial charge < -0.3 is 24.7 Å². The molecular weight excluding hydrogens is 330 g/mol. The maximum absolute atomic E-state index is 11.5. The highest BCUT2D eigenvalue weighted by Crippen LogP contribution is 2.27. The Morgan fingerprint density at radius 3 is 2.64 bits per heavy atom. The molecule has 0 aliphatic heterocycles. The van der Waals surface area contributed by atoms with Crippen LogP contribution in [0.15, 0.2) is 23.3 Å². The third-order valence-electron chi connectivity index (χ3n) is 2.94. The molecule has 0 fully saturated rings. The predicted molar refractivity (Wildman–Crippen MR) is 87.2 cm³/mol. The van der Waals surface area contributed by atoms with Gasteiger partial charge in [-0.05, 0) is 30.2 Å². The summed E-state index contributed by atoms with van der Waals surface area (Å²) in [6.45, 7) is 1.80. The van der Waals surface area contributed by atoms with Crippen LogP contribution < -0.4 is 25.3 Å². The lowest BCUT2D eigenvalue weighted by Crippen LogP contribution is -2.38. The number of amides is 2. The van der Waals surface area contributed by atoms with Crippen LogP contribution in [0.3, 0.4) is 0 Å². The zero-order chi connectivity index (χ0) is 18.7. The number of hydrogen-bond donors (Lipinski definition) is 2. The average molecular weight is 350 g/mol. The molecule has 0 radical (unpaired) electrons. The van der Waals surface area contributed by atoms with E-state index in [9.17, 15) is 19.5 Å². The SMILES string of the molecule is CCCCNC(=O)C(=O)N/N=C\c1ccc(OCC(=O)[O-])c(OC)c1. The van der Waals surface area contributed by atoms with Gasteiger partial charge in [0, 0.05) is 6.54 Å². The van der Waals surface area contributed by atoms with Gasteiger partial charge in [0.05, 0.1) is 19.3 Å². The van der Waals surface area contributed by atoms with Crippen LogP contribution in [0.5, 0.6) is 11.5 Å². The third-order valence-corrected chi connectivity index (χ3v) is 2.94. The van der Waals surface area contributed by atoms with E-state index in [0.717, 1.165) is 12.8 Å². The number of ether oxygens (including phenoxy) is 2. The molecule has 2 amide bonds. The smallest absolute Gasteiger partial charge is 0.329 e. The van der Waals surface area contributed by atoms with Crippen LogP contribution in [0, 0.1) is 0 Å². The first-order valence-electron chi connectivity index (χ1n) is 7.59. The first-order valence-corrected chi connectivity index (χ1v) is 7.59. The van der Waals surface area contributed by atoms with Gasteiger partial charge in [-0.15, -0.1) is 0 Å². The lowest BCUT2D eigenvalue weighted by atomic mass is 10.2. The quantitative estimate of drug-likeness (QED) is 0.259. The average Bonchev–Trinajstić information content (AvgIpc) is 2.60. The summed E-state index contributed by atoms with van der Waals surface area (Å²) in [6.07, 6.45) is 3.00. The fourth-order valence-corrected chi connectivity index (χ4v) is 1.70. The number of aliphatic carboxylic acids is 1. The minimum Gasteiger partial charge on any atom is -0.546 e. The molecule has 1 aromatic rings. The largest absolute Gasteiger partial charge is 0.546 e. The van der Waals surface area contributed by atoms with E-state index < -0.39 is 24.4 Å². The van der Waals surface area contributed by atoms with Gasteiger partial charge in [-0.2, -0.15) is 5.10 Å². The molecule has 9 nitrogen and oxygen atoms in total. The molecule has 0 bridgehead atoms. The number of benzene rings is 1. The van der Waals surface area contributed by atoms with Crippen molar-refractivity contribution in [1.29, 1.82) is 0 Å². The molecule has 0 aliphatic rings. The number of nitrogens with one attached hydrogen (secondary N) is 2. The second-order valence-corrected chi connectivity index (χ2v) is 4.88. The molecule has 25 heavy (non-hydrogen) atoms. The molecule has 9 heteroatoms. The fraction of sp³-hybridized carbons (Fsp3) is 0.375. The Balaban J connectivity index is 2.60. The molecule has 0 saturated carbocycles. The maximum Gasteiger partial charge on any atom is 0.329 e. The van der Waals surface area contributed by atoms with Crippen molar-refractivity contribution in [2.24, 2.45) is 5.10 Å². The van der Waals surface area contributed by atoms with Crippen molar-refractivity contribution in [2.75, 3.05) is 20.3 Å². The molecule has 0 saturated heterocycles. The van der Waals surface area contributed by atoms with Gasteiger partial charge in [0.25, 0.3) is 0 Å². The maximum atomic E-state index is 11.5. The molecule has 1 rings (SSSR count). The van der Waals surface area contributed by atoms with E-state index in [1.165, 1.54) is 25.5 Å². The van der Waals surface area contributed by atoms with Crippen molar-refractivity contribution in [3.05, 3.63) is 23.8 Å². The zero-order valence-electron chi connectivity index (χ0n) is 14.0. The second-order valence-electron chi connectivity index (χ2n) is 4.88. The highest BCUT2D eigenvalue weighted by atomic mass is 16.5. The monoisotopic (exact) mass is 350 g/mol. The Hall–Kier alpha value is -3.10. The van der Waals surface area contributed by atoms with E-state index in [2.05, 4.69) is 15.8 Å². The Bertz CT molecular complexity index is 645. The summed E-state index contributed by atoms with van der Waals surface area (Å²) in [6, 6.07) is 4.59. The van der Waals surface area contributed by atoms with E-state index in [4.69, 9.17) is 9.47 Å². The van der Waals surface area contributed by atoms with E-state index in [-0.39, 0.29) is 11.5 Å². The number of carboxylic acid groups (broad SMARTS) is 1. The van der Waals surface area contributed by atoms with E-state index >= 15 is 0 Å². The molecule has 1 aromatic carbocycles. The summed E-state index contributed by atoms with van der Waals surface area (Å²) < 4.78 is 10.1. The molecule has 136 valence electrons. The van der Waals surface area contributed by atoms with Crippen LogP contribution in [-0.4, -0.2) is 44.3 Å². The van der Waals surface area contributed by atoms with Crippen LogP contribution >= 0.6 is 0 Å². The standard InChI is InChI=1S/C16H21N3O6/c1-3-4-7-17-15(22)16(23)19-18-9-11-5-6-12(13(8-11)24-2)25-10-14(20)21/h5-6,8-9H,3-4,7,10H2,1-2H3,(H,17,22)(H,19,23)(H,20,21)/p-1/b18-9-. The Labute approximate surface area is 145 Å². The van der Waals surface area contributed by atoms with Crippen molar-refractivity contribution in [1.82, 2.24) is 10.7 Å². The van der Waals surface area contributed by atoms with Gasteiger partial charge in [-0.1, -0.05) is 13.3 Å². The molecule has 0 spiro atoms. The number of carboxylic acids is 1. The normalized spacial score (nSPS) is 10.3. The fourth-order valence-electron chi connectivity index (χ4n) is 1.70. The Kier molecular flexibility index (Phi) is 8.48. The Morgan fingerprint density at radius 1 is 1.24 bits per heavy atom. The van der Waals surface area contributed by atoms with E-state index in [0.29, 0.717) is 12.1 Å². The van der Waals surface area contributed by atoms with Crippen LogP contribution in [0.4, 0.5) is 0 Å². The summed E-state index contributed by atoms with van der Waals surface area (Å²) in [5.41, 5.74) is 2.66. The van der Waals surface area contributed by atoms with Crippen molar-refractivity contribution < 1.29 is 29.0 Å². The van der Waals surface area contributed by atoms with Gasteiger partial charge in [0.15, 0.2) is 11.5 Å². The molecule has 0 aromatic heterocycles. The topological polar surface area (TPSA) is 129 Å². The van der Waals surface area contributed by atoms with Crippen LogP contribution in [-0.2, 0) is 14.4 Å². The summed E-state index contributed by atoms with van der Waals surface area (Å²) in [5.74, 6) is -2.47. The summed E-state index contributed by atoms with van der Waals surface area (Å²) in [7, 11) is 1.39. The van der Waals surface area contributed by atoms with Gasteiger partial charge >= 0.3 is 11.8 Å². The Morgan fingerprint density at radius 2 is 2.00 bits per heavy atom. The first kappa shape index (κ1) is 19.9. The number of carbonyl (C=O) groups is 3. The van der Waals surface area contributed by atoms with Crippen LogP contribution in [0.25, 0.3) is 0 Å². The molecule has 0 unspecified atom stereocenters. The number of rotatable bonds is 9. The highest BCUT2D eigenvalue weighted by Gasteiger charge is 2.11. The molecule has 0 atom stereocenters. The molecule has 2 N–H and O–H groups in total. The number of methoxy groups -OCH3 is 1. The predicted octanol–water partition coefficient (Wildman–Crippen LogP) is -0.810. The van der Waals surface area contributed by atoms with Gasteiger partial charge in [-0.3, -0.25) is 9.59 Å². The van der Waals surface area contributed by atoms with Crippen molar-refractivity contribution >= 4 is 24.0 Å². The van der Waals surface area contributed by atoms with Crippen LogP contribution in [0.2, 0.25) is 0 Å². The summed E-state index contributed by atoms with van der Waals surface area (Å²) >= 11 is 0. The van der Waals surface area contributed by atoms with Crippen molar-refractivity contribution in [3.8, 4) is 11.5 Å². The summed E-state index contributed by atoms with van der Waals surface area (Å²) in [4.78, 5) is 33.4. The minimum absolute atomic E-state index is 0.225. The molecule has 0 heterocycles. The minimum atomic E-state index is -1.35. The van der Waals surface area contributed by atoms with Gasteiger partial charge in [0.1, 0.15) is 6.61 Å². The number of hydrogen-bond acceptors (Lipinski definition) is 7. The molecule has 0 aliphatic carbocycles. The van der Waals surface area contributed by atoms with Crippen LogP contribution in [0.1, 0.15) is 25.3 Å². The zero-order valence-corrected chi connectivity index (χ0v) is 14.0. The van der Waals surface area contributed by atoms with Gasteiger partial charge in [0.2, 0.25) is 0 Å². The number of hydrazone groups is 1. The lowest BCUT2D eigenvalue weighted by molar-refractivity contribution is -0.307. The van der Waals surface area contributed by atoms with E-state index in [1.54, 1.807) is 6.07 Å². The van der Waals surface area contributed by atoms with E-state index in [1.807, 2.05) is 6.92 Å². The third kappa shape index (κ3) is 7.34. The van der Waals surface area contributed by atoms with Crippen molar-refractivity contribution in [2.45, 2.75) is 19.8 Å². The number of nitrogens with zero attached hydrogens (tertiary/aromatic N) is 1. The number of carbonyl (C=O) groups excluding carboxylic acids is 3. The summed E-state index contributed by atoms with van der Waals surface area (Å²) in [5, 5.41) is 16.6. The first-order chi connectivity index (χ1) is 12.0. The number of unbranched alkanes of at least 4 members (excludes halogenated alkanes) is 1. The lowest BCUT2D eigenvalue weighted by Gasteiger charge is -2.11. The van der Waals surface area contributed by atoms with Crippen molar-refractivity contribution in [3.63, 3.8) is 0 Å². The molecular formula is C16H20N3O6-. The highest BCUT2D eigenvalue weighted by molar-refractivity contribution is 6.35. The van der Waals surface area contributed by atoms with Gasteiger partial charge in [-0.25, -0.2) is 5.43 Å².